The van der Waals surface area contributed by atoms with Gasteiger partial charge in [0.15, 0.2) is 16.3 Å². The Morgan fingerprint density at radius 1 is 1.29 bits per heavy atom. The number of rotatable bonds is 6. The first-order valence-electron chi connectivity index (χ1n) is 6.31. The Balaban J connectivity index is 2.47. The molecule has 0 aliphatic rings. The predicted octanol–water partition coefficient (Wildman–Crippen LogP) is 4.99. The largest absolute Gasteiger partial charge is 0.445 e. The molecule has 0 fully saturated rings. The molecule has 0 amide bonds. The van der Waals surface area contributed by atoms with Crippen LogP contribution in [0.5, 0.6) is 0 Å². The van der Waals surface area contributed by atoms with Crippen LogP contribution in [0.1, 0.15) is 19.0 Å². The highest BCUT2D eigenvalue weighted by Gasteiger charge is 2.17. The molecule has 0 atom stereocenters. The molecule has 2 heterocycles. The van der Waals surface area contributed by atoms with Gasteiger partial charge >= 0.3 is 0 Å². The SMILES string of the molecule is CCCNc1nc(-c2cc(Br)c(Br)o2)nc(COC)c1Br. The molecule has 2 rings (SSSR count). The fraction of sp³-hybridized carbons (Fsp3) is 0.385. The monoisotopic (exact) mass is 481 g/mol. The smallest absolute Gasteiger partial charge is 0.198 e. The molecule has 0 unspecified atom stereocenters. The van der Waals surface area contributed by atoms with Gasteiger partial charge in [0.1, 0.15) is 5.82 Å². The molecule has 2 aromatic heterocycles. The average Bonchev–Trinajstić information content (AvgIpc) is 2.80. The zero-order valence-corrected chi connectivity index (χ0v) is 16.3. The van der Waals surface area contributed by atoms with Gasteiger partial charge in [-0.05, 0) is 54.2 Å². The Labute approximate surface area is 148 Å². The van der Waals surface area contributed by atoms with Gasteiger partial charge in [0.2, 0.25) is 0 Å². The fourth-order valence-electron chi connectivity index (χ4n) is 1.65. The highest BCUT2D eigenvalue weighted by molar-refractivity contribution is 9.13. The van der Waals surface area contributed by atoms with Crippen molar-refractivity contribution < 1.29 is 9.15 Å². The Bertz CT molecular complexity index is 612. The highest BCUT2D eigenvalue weighted by Crippen LogP contribution is 2.33. The lowest BCUT2D eigenvalue weighted by molar-refractivity contribution is 0.181. The summed E-state index contributed by atoms with van der Waals surface area (Å²) in [4.78, 5) is 9.01. The van der Waals surface area contributed by atoms with Gasteiger partial charge in [-0.3, -0.25) is 0 Å². The topological polar surface area (TPSA) is 60.2 Å². The number of hydrogen-bond donors (Lipinski definition) is 1. The van der Waals surface area contributed by atoms with Gasteiger partial charge in [-0.25, -0.2) is 9.97 Å². The third-order valence-corrected chi connectivity index (χ3v) is 5.15. The van der Waals surface area contributed by atoms with E-state index in [2.05, 4.69) is 70.0 Å². The van der Waals surface area contributed by atoms with E-state index in [0.29, 0.717) is 22.9 Å². The van der Waals surface area contributed by atoms with Gasteiger partial charge < -0.3 is 14.5 Å². The number of aromatic nitrogens is 2. The van der Waals surface area contributed by atoms with Gasteiger partial charge in [0.25, 0.3) is 0 Å². The quantitative estimate of drug-likeness (QED) is 0.627. The first kappa shape index (κ1) is 16.9. The average molecular weight is 484 g/mol. The van der Waals surface area contributed by atoms with Crippen molar-refractivity contribution in [1.82, 2.24) is 9.97 Å². The minimum Gasteiger partial charge on any atom is -0.445 e. The summed E-state index contributed by atoms with van der Waals surface area (Å²) < 4.78 is 13.0. The van der Waals surface area contributed by atoms with E-state index in [1.807, 2.05) is 6.07 Å². The van der Waals surface area contributed by atoms with E-state index in [1.54, 1.807) is 7.11 Å². The van der Waals surface area contributed by atoms with E-state index >= 15 is 0 Å². The van der Waals surface area contributed by atoms with E-state index in [1.165, 1.54) is 0 Å². The maximum atomic E-state index is 5.59. The summed E-state index contributed by atoms with van der Waals surface area (Å²) in [7, 11) is 1.63. The standard InChI is InChI=1S/C13H14Br3N3O2/c1-3-4-17-13-10(15)8(6-20-2)18-12(19-13)9-5-7(14)11(16)21-9/h5H,3-4,6H2,1-2H3,(H,17,18,19). The van der Waals surface area contributed by atoms with Crippen LogP contribution in [-0.4, -0.2) is 23.6 Å². The summed E-state index contributed by atoms with van der Waals surface area (Å²) >= 11 is 10.2. The van der Waals surface area contributed by atoms with Crippen LogP contribution in [0.25, 0.3) is 11.6 Å². The van der Waals surface area contributed by atoms with Crippen LogP contribution in [0.2, 0.25) is 0 Å². The van der Waals surface area contributed by atoms with Crippen molar-refractivity contribution in [2.75, 3.05) is 19.0 Å². The molecule has 0 bridgehead atoms. The summed E-state index contributed by atoms with van der Waals surface area (Å²) in [6.45, 7) is 3.31. The van der Waals surface area contributed by atoms with Crippen molar-refractivity contribution in [1.29, 1.82) is 0 Å². The molecule has 1 N–H and O–H groups in total. The maximum absolute atomic E-state index is 5.59. The van der Waals surface area contributed by atoms with Gasteiger partial charge in [-0.1, -0.05) is 6.92 Å². The second kappa shape index (κ2) is 7.71. The number of furan rings is 1. The van der Waals surface area contributed by atoms with E-state index in [9.17, 15) is 0 Å². The van der Waals surface area contributed by atoms with Gasteiger partial charge in [0.05, 0.1) is 21.2 Å². The molecule has 0 saturated heterocycles. The Hall–Kier alpha value is -0.440. The minimum atomic E-state index is 0.389. The van der Waals surface area contributed by atoms with E-state index in [4.69, 9.17) is 9.15 Å². The van der Waals surface area contributed by atoms with E-state index in [-0.39, 0.29) is 0 Å². The van der Waals surface area contributed by atoms with Crippen molar-refractivity contribution in [2.45, 2.75) is 20.0 Å². The fourth-order valence-corrected chi connectivity index (χ4v) is 2.66. The number of halogens is 3. The molecule has 0 spiro atoms. The zero-order chi connectivity index (χ0) is 15.4. The van der Waals surface area contributed by atoms with E-state index in [0.717, 1.165) is 33.4 Å². The molecule has 114 valence electrons. The lowest BCUT2D eigenvalue weighted by atomic mass is 10.3. The molecular formula is C13H14Br3N3O2. The highest BCUT2D eigenvalue weighted by atomic mass is 79.9. The van der Waals surface area contributed by atoms with Crippen molar-refractivity contribution in [3.63, 3.8) is 0 Å². The summed E-state index contributed by atoms with van der Waals surface area (Å²) in [5.41, 5.74) is 0.768. The lowest BCUT2D eigenvalue weighted by Gasteiger charge is -2.11. The van der Waals surface area contributed by atoms with Gasteiger partial charge in [-0.2, -0.15) is 0 Å². The van der Waals surface area contributed by atoms with Crippen LogP contribution < -0.4 is 5.32 Å². The first-order valence-corrected chi connectivity index (χ1v) is 8.69. The van der Waals surface area contributed by atoms with Crippen LogP contribution in [0.3, 0.4) is 0 Å². The summed E-state index contributed by atoms with van der Waals surface area (Å²) in [5, 5.41) is 3.27. The predicted molar refractivity (Wildman–Crippen MR) is 92.3 cm³/mol. The number of ether oxygens (including phenoxy) is 1. The zero-order valence-electron chi connectivity index (χ0n) is 11.5. The number of methoxy groups -OCH3 is 1. The third-order valence-electron chi connectivity index (χ3n) is 2.61. The first-order chi connectivity index (χ1) is 10.1. The second-order valence-electron chi connectivity index (χ2n) is 4.25. The Morgan fingerprint density at radius 3 is 2.62 bits per heavy atom. The number of anilines is 1. The summed E-state index contributed by atoms with van der Waals surface area (Å²) in [5.74, 6) is 1.82. The second-order valence-corrected chi connectivity index (χ2v) is 6.62. The van der Waals surface area contributed by atoms with Crippen LogP contribution in [0.4, 0.5) is 5.82 Å². The van der Waals surface area contributed by atoms with Crippen molar-refractivity contribution in [3.8, 4) is 11.6 Å². The molecular weight excluding hydrogens is 470 g/mol. The van der Waals surface area contributed by atoms with E-state index < -0.39 is 0 Å². The van der Waals surface area contributed by atoms with Crippen molar-refractivity contribution in [3.05, 3.63) is 25.4 Å². The molecule has 0 aliphatic heterocycles. The maximum Gasteiger partial charge on any atom is 0.198 e. The third kappa shape index (κ3) is 4.06. The minimum absolute atomic E-state index is 0.389. The number of nitrogens with zero attached hydrogens (tertiary/aromatic N) is 2. The number of nitrogens with one attached hydrogen (secondary N) is 1. The number of hydrogen-bond acceptors (Lipinski definition) is 5. The molecule has 21 heavy (non-hydrogen) atoms. The van der Waals surface area contributed by atoms with Crippen LogP contribution in [0.15, 0.2) is 24.1 Å². The lowest BCUT2D eigenvalue weighted by Crippen LogP contribution is -2.07. The van der Waals surface area contributed by atoms with Gasteiger partial charge in [-0.15, -0.1) is 0 Å². The van der Waals surface area contributed by atoms with Gasteiger partial charge in [0, 0.05) is 19.7 Å². The molecule has 0 aromatic carbocycles. The molecule has 5 nitrogen and oxygen atoms in total. The molecule has 8 heteroatoms. The molecule has 2 aromatic rings. The normalized spacial score (nSPS) is 10.9. The Morgan fingerprint density at radius 2 is 2.05 bits per heavy atom. The molecule has 0 radical (unpaired) electrons. The van der Waals surface area contributed by atoms with Crippen molar-refractivity contribution >= 4 is 53.6 Å². The van der Waals surface area contributed by atoms with Crippen LogP contribution in [0, 0.1) is 0 Å². The molecule has 0 saturated carbocycles. The molecule has 0 aliphatic carbocycles. The summed E-state index contributed by atoms with van der Waals surface area (Å²) in [6.07, 6.45) is 1.00. The van der Waals surface area contributed by atoms with Crippen LogP contribution in [-0.2, 0) is 11.3 Å². The van der Waals surface area contributed by atoms with Crippen LogP contribution >= 0.6 is 47.8 Å². The Kier molecular flexibility index (Phi) is 6.21. The van der Waals surface area contributed by atoms with Crippen molar-refractivity contribution in [2.24, 2.45) is 0 Å². The summed E-state index contributed by atoms with van der Waals surface area (Å²) in [6, 6.07) is 1.83.